The fraction of sp³-hybridized carbons (Fsp3) is 0.0392. The van der Waals surface area contributed by atoms with Crippen LogP contribution in [0, 0.1) is 0 Å². The number of rotatable bonds is 5. The van der Waals surface area contributed by atoms with Gasteiger partial charge in [-0.3, -0.25) is 5.32 Å². The number of aliphatic imine (C=N–C) groups is 1. The van der Waals surface area contributed by atoms with Crippen molar-refractivity contribution in [3.05, 3.63) is 199 Å². The van der Waals surface area contributed by atoms with Gasteiger partial charge in [-0.1, -0.05) is 152 Å². The van der Waals surface area contributed by atoms with Crippen LogP contribution in [0.3, 0.4) is 0 Å². The van der Waals surface area contributed by atoms with E-state index in [0.29, 0.717) is 0 Å². The highest BCUT2D eigenvalue weighted by atomic mass is 32.1. The van der Waals surface area contributed by atoms with Gasteiger partial charge in [0.05, 0.1) is 11.0 Å². The SMILES string of the molecule is c1ccc(C2=NC(c3ccccc3)NC(c3cccc4c3oc3cccc(-c5cccc6c5sc5cc(-n7c8ccccc8c8ccccc87)ccc56)c34)N2)cc1. The average molecular weight is 751 g/mol. The maximum atomic E-state index is 6.86. The first-order valence-corrected chi connectivity index (χ1v) is 20.2. The van der Waals surface area contributed by atoms with Crippen molar-refractivity contribution in [1.82, 2.24) is 15.2 Å². The van der Waals surface area contributed by atoms with Gasteiger partial charge in [0.15, 0.2) is 0 Å². The Labute approximate surface area is 332 Å². The van der Waals surface area contributed by atoms with Crippen molar-refractivity contribution in [2.75, 3.05) is 0 Å². The molecule has 5 nitrogen and oxygen atoms in total. The molecule has 0 saturated carbocycles. The van der Waals surface area contributed by atoms with Crippen LogP contribution in [-0.2, 0) is 0 Å². The van der Waals surface area contributed by atoms with E-state index >= 15 is 0 Å². The van der Waals surface area contributed by atoms with E-state index in [1.807, 2.05) is 23.5 Å². The monoisotopic (exact) mass is 750 g/mol. The van der Waals surface area contributed by atoms with Gasteiger partial charge >= 0.3 is 0 Å². The summed E-state index contributed by atoms with van der Waals surface area (Å²) in [7, 11) is 0. The molecule has 57 heavy (non-hydrogen) atoms. The van der Waals surface area contributed by atoms with Gasteiger partial charge < -0.3 is 14.3 Å². The molecule has 0 saturated heterocycles. The minimum absolute atomic E-state index is 0.233. The van der Waals surface area contributed by atoms with Crippen molar-refractivity contribution in [3.8, 4) is 16.8 Å². The summed E-state index contributed by atoms with van der Waals surface area (Å²) in [5, 5.41) is 14.8. The second-order valence-electron chi connectivity index (χ2n) is 14.7. The standard InChI is InChI=1S/C51H34N4OS/c1-3-14-31(15-4-1)49-52-50(32-16-5-2-6-17-32)54-51(53-49)41-24-12-23-40-46-37(20-13-27-44(46)56-47(40)41)39-22-11-21-38-36-29-28-33(30-45(36)57-48(38)39)55-42-25-9-7-18-34(42)35-19-8-10-26-43(35)55/h1-30,49,51,53H,(H,52,54). The first-order chi connectivity index (χ1) is 28.3. The molecular formula is C51H34N4OS. The quantitative estimate of drug-likeness (QED) is 0.184. The Balaban J connectivity index is 0.997. The summed E-state index contributed by atoms with van der Waals surface area (Å²) in [6.07, 6.45) is -0.478. The van der Waals surface area contributed by atoms with E-state index in [1.165, 1.54) is 58.8 Å². The van der Waals surface area contributed by atoms with Crippen LogP contribution in [0.15, 0.2) is 191 Å². The Morgan fingerprint density at radius 2 is 1.23 bits per heavy atom. The maximum absolute atomic E-state index is 6.86. The van der Waals surface area contributed by atoms with Crippen LogP contribution in [-0.4, -0.2) is 10.4 Å². The van der Waals surface area contributed by atoms with E-state index in [2.05, 4.69) is 185 Å². The summed E-state index contributed by atoms with van der Waals surface area (Å²) in [5.74, 6) is 0.847. The highest BCUT2D eigenvalue weighted by Gasteiger charge is 2.28. The number of thiophene rings is 1. The number of nitrogens with zero attached hydrogens (tertiary/aromatic N) is 2. The Morgan fingerprint density at radius 1 is 0.561 bits per heavy atom. The molecule has 6 heteroatoms. The molecule has 12 rings (SSSR count). The fourth-order valence-electron chi connectivity index (χ4n) is 8.93. The van der Waals surface area contributed by atoms with Crippen molar-refractivity contribution >= 4 is 81.1 Å². The van der Waals surface area contributed by atoms with Gasteiger partial charge in [-0.05, 0) is 41.5 Å². The van der Waals surface area contributed by atoms with Gasteiger partial charge in [-0.25, -0.2) is 4.99 Å². The average Bonchev–Trinajstić information content (AvgIpc) is 3.96. The molecule has 2 unspecified atom stereocenters. The van der Waals surface area contributed by atoms with Crippen LogP contribution in [0.2, 0.25) is 0 Å². The van der Waals surface area contributed by atoms with E-state index in [1.54, 1.807) is 0 Å². The number of benzene rings is 8. The Morgan fingerprint density at radius 3 is 2.04 bits per heavy atom. The van der Waals surface area contributed by atoms with Gasteiger partial charge in [0, 0.05) is 64.1 Å². The Bertz CT molecular complexity index is 3320. The summed E-state index contributed by atoms with van der Waals surface area (Å²) < 4.78 is 11.8. The number of furan rings is 1. The summed E-state index contributed by atoms with van der Waals surface area (Å²) in [4.78, 5) is 5.13. The predicted octanol–water partition coefficient (Wildman–Crippen LogP) is 13.1. The van der Waals surface area contributed by atoms with Crippen molar-refractivity contribution in [1.29, 1.82) is 0 Å². The van der Waals surface area contributed by atoms with Crippen LogP contribution in [0.4, 0.5) is 0 Å². The third kappa shape index (κ3) is 5.08. The van der Waals surface area contributed by atoms with E-state index in [0.717, 1.165) is 44.5 Å². The first kappa shape index (κ1) is 32.3. The second-order valence-corrected chi connectivity index (χ2v) is 15.8. The molecule has 3 aromatic heterocycles. The number of fused-ring (bicyclic) bond motifs is 9. The lowest BCUT2D eigenvalue weighted by Crippen LogP contribution is -2.45. The molecule has 0 spiro atoms. The van der Waals surface area contributed by atoms with Crippen LogP contribution in [0.25, 0.3) is 80.7 Å². The van der Waals surface area contributed by atoms with Crippen LogP contribution in [0.5, 0.6) is 0 Å². The first-order valence-electron chi connectivity index (χ1n) is 19.4. The van der Waals surface area contributed by atoms with Crippen molar-refractivity contribution in [2.45, 2.75) is 12.3 Å². The van der Waals surface area contributed by atoms with Crippen LogP contribution < -0.4 is 10.6 Å². The fourth-order valence-corrected chi connectivity index (χ4v) is 10.2. The topological polar surface area (TPSA) is 54.5 Å². The lowest BCUT2D eigenvalue weighted by atomic mass is 9.97. The third-order valence-electron chi connectivity index (χ3n) is 11.5. The largest absolute Gasteiger partial charge is 0.456 e. The summed E-state index contributed by atoms with van der Waals surface area (Å²) in [5.41, 5.74) is 10.9. The smallest absolute Gasteiger partial charge is 0.142 e. The van der Waals surface area contributed by atoms with Gasteiger partial charge in [0.25, 0.3) is 0 Å². The van der Waals surface area contributed by atoms with Crippen molar-refractivity contribution in [3.63, 3.8) is 0 Å². The number of aromatic nitrogens is 1. The zero-order valence-electron chi connectivity index (χ0n) is 30.7. The highest BCUT2D eigenvalue weighted by molar-refractivity contribution is 7.26. The van der Waals surface area contributed by atoms with E-state index in [4.69, 9.17) is 9.41 Å². The molecule has 270 valence electrons. The summed E-state index contributed by atoms with van der Waals surface area (Å²) in [6, 6.07) is 64.8. The third-order valence-corrected chi connectivity index (χ3v) is 12.7. The second kappa shape index (κ2) is 12.8. The van der Waals surface area contributed by atoms with E-state index in [9.17, 15) is 0 Å². The number of nitrogens with one attached hydrogen (secondary N) is 2. The van der Waals surface area contributed by atoms with E-state index < -0.39 is 0 Å². The molecular weight excluding hydrogens is 717 g/mol. The molecule has 0 radical (unpaired) electrons. The van der Waals surface area contributed by atoms with Crippen molar-refractivity contribution < 1.29 is 4.42 Å². The van der Waals surface area contributed by atoms with Gasteiger partial charge in [0.2, 0.25) is 0 Å². The number of amidine groups is 1. The molecule has 1 aliphatic rings. The predicted molar refractivity (Wildman–Crippen MR) is 238 cm³/mol. The lowest BCUT2D eigenvalue weighted by molar-refractivity contribution is 0.408. The maximum Gasteiger partial charge on any atom is 0.142 e. The minimum atomic E-state index is -0.245. The summed E-state index contributed by atoms with van der Waals surface area (Å²) >= 11 is 1.87. The summed E-state index contributed by atoms with van der Waals surface area (Å²) in [6.45, 7) is 0. The number of hydrogen-bond donors (Lipinski definition) is 2. The van der Waals surface area contributed by atoms with Crippen LogP contribution >= 0.6 is 11.3 Å². The van der Waals surface area contributed by atoms with Crippen molar-refractivity contribution in [2.24, 2.45) is 4.99 Å². The van der Waals surface area contributed by atoms with Gasteiger partial charge in [0.1, 0.15) is 29.3 Å². The molecule has 2 atom stereocenters. The molecule has 1 aliphatic heterocycles. The Kier molecular flexibility index (Phi) is 7.24. The molecule has 11 aromatic rings. The molecule has 0 bridgehead atoms. The Hall–Kier alpha value is -6.99. The number of para-hydroxylation sites is 3. The van der Waals surface area contributed by atoms with E-state index in [-0.39, 0.29) is 12.3 Å². The number of hydrogen-bond acceptors (Lipinski definition) is 5. The molecule has 0 aliphatic carbocycles. The molecule has 0 amide bonds. The zero-order valence-corrected chi connectivity index (χ0v) is 31.5. The van der Waals surface area contributed by atoms with Gasteiger partial charge in [-0.2, -0.15) is 0 Å². The lowest BCUT2D eigenvalue weighted by Gasteiger charge is -2.32. The van der Waals surface area contributed by atoms with Gasteiger partial charge in [-0.15, -0.1) is 11.3 Å². The molecule has 8 aromatic carbocycles. The minimum Gasteiger partial charge on any atom is -0.456 e. The van der Waals surface area contributed by atoms with Crippen LogP contribution in [0.1, 0.15) is 29.0 Å². The molecule has 0 fully saturated rings. The molecule has 4 heterocycles. The molecule has 2 N–H and O–H groups in total. The highest BCUT2D eigenvalue weighted by Crippen LogP contribution is 2.45. The zero-order chi connectivity index (χ0) is 37.5. The normalized spacial score (nSPS) is 15.9.